The molecular weight excluding hydrogens is 254 g/mol. The van der Waals surface area contributed by atoms with E-state index >= 15 is 0 Å². The SMILES string of the molecule is COc1ccc(C(=O)NC(=S)C(N)C(N)=O)cc1. The van der Waals surface area contributed by atoms with Crippen molar-refractivity contribution in [3.63, 3.8) is 0 Å². The molecule has 0 heterocycles. The monoisotopic (exact) mass is 267 g/mol. The fourth-order valence-corrected chi connectivity index (χ4v) is 1.34. The number of amides is 2. The van der Waals surface area contributed by atoms with E-state index in [0.717, 1.165) is 0 Å². The van der Waals surface area contributed by atoms with Crippen LogP contribution in [0.3, 0.4) is 0 Å². The van der Waals surface area contributed by atoms with Crippen LogP contribution in [0.15, 0.2) is 24.3 Å². The highest BCUT2D eigenvalue weighted by atomic mass is 32.1. The summed E-state index contributed by atoms with van der Waals surface area (Å²) in [5, 5.41) is 2.34. The zero-order chi connectivity index (χ0) is 13.7. The zero-order valence-corrected chi connectivity index (χ0v) is 10.5. The molecule has 0 aliphatic carbocycles. The van der Waals surface area contributed by atoms with Crippen molar-refractivity contribution < 1.29 is 14.3 Å². The van der Waals surface area contributed by atoms with E-state index in [0.29, 0.717) is 11.3 Å². The lowest BCUT2D eigenvalue weighted by atomic mass is 10.2. The Balaban J connectivity index is 2.70. The van der Waals surface area contributed by atoms with E-state index in [1.807, 2.05) is 0 Å². The van der Waals surface area contributed by atoms with Gasteiger partial charge in [-0.25, -0.2) is 0 Å². The number of nitrogens with one attached hydrogen (secondary N) is 1. The third-order valence-electron chi connectivity index (χ3n) is 2.18. The molecule has 1 atom stereocenters. The van der Waals surface area contributed by atoms with E-state index in [1.165, 1.54) is 7.11 Å². The lowest BCUT2D eigenvalue weighted by Crippen LogP contribution is -2.49. The molecule has 2 amide bonds. The minimum Gasteiger partial charge on any atom is -0.497 e. The lowest BCUT2D eigenvalue weighted by molar-refractivity contribution is -0.117. The smallest absolute Gasteiger partial charge is 0.256 e. The molecule has 1 rings (SSSR count). The Kier molecular flexibility index (Phi) is 4.75. The second-order valence-electron chi connectivity index (χ2n) is 3.43. The molecule has 18 heavy (non-hydrogen) atoms. The first-order valence-electron chi connectivity index (χ1n) is 5.00. The number of hydrogen-bond donors (Lipinski definition) is 3. The molecule has 5 N–H and O–H groups in total. The minimum absolute atomic E-state index is 0.108. The molecule has 6 nitrogen and oxygen atoms in total. The van der Waals surface area contributed by atoms with Gasteiger partial charge in [0.1, 0.15) is 16.8 Å². The maximum Gasteiger partial charge on any atom is 0.256 e. The number of nitrogens with two attached hydrogens (primary N) is 2. The maximum atomic E-state index is 11.7. The summed E-state index contributed by atoms with van der Waals surface area (Å²) in [6, 6.07) is 5.21. The van der Waals surface area contributed by atoms with Gasteiger partial charge in [-0.3, -0.25) is 9.59 Å². The number of carbonyl (C=O) groups is 2. The van der Waals surface area contributed by atoms with Crippen molar-refractivity contribution in [1.82, 2.24) is 5.32 Å². The molecule has 0 saturated heterocycles. The van der Waals surface area contributed by atoms with Crippen LogP contribution in [0.4, 0.5) is 0 Å². The predicted octanol–water partition coefficient (Wildman–Crippen LogP) is -0.435. The number of methoxy groups -OCH3 is 1. The summed E-state index contributed by atoms with van der Waals surface area (Å²) in [5.41, 5.74) is 10.7. The molecule has 0 bridgehead atoms. The van der Waals surface area contributed by atoms with Crippen molar-refractivity contribution in [2.24, 2.45) is 11.5 Å². The fourth-order valence-electron chi connectivity index (χ4n) is 1.13. The van der Waals surface area contributed by atoms with Gasteiger partial charge in [0.2, 0.25) is 5.91 Å². The standard InChI is InChI=1S/C11H13N3O3S/c1-17-7-4-2-6(3-5-7)10(16)14-11(18)8(12)9(13)15/h2-5,8H,12H2,1H3,(H2,13,15)(H,14,16,18). The second kappa shape index (κ2) is 6.08. The van der Waals surface area contributed by atoms with Gasteiger partial charge in [0.25, 0.3) is 5.91 Å². The van der Waals surface area contributed by atoms with E-state index in [4.69, 9.17) is 28.4 Å². The van der Waals surface area contributed by atoms with Crippen molar-refractivity contribution in [2.45, 2.75) is 6.04 Å². The summed E-state index contributed by atoms with van der Waals surface area (Å²) in [5.74, 6) is -0.627. The molecule has 96 valence electrons. The molecule has 0 radical (unpaired) electrons. The number of carbonyl (C=O) groups excluding carboxylic acids is 2. The van der Waals surface area contributed by atoms with Crippen LogP contribution in [-0.2, 0) is 4.79 Å². The quantitative estimate of drug-likeness (QED) is 0.641. The first-order valence-corrected chi connectivity index (χ1v) is 5.40. The minimum atomic E-state index is -1.18. The van der Waals surface area contributed by atoms with E-state index in [2.05, 4.69) is 5.32 Å². The van der Waals surface area contributed by atoms with Crippen molar-refractivity contribution >= 4 is 29.0 Å². The van der Waals surface area contributed by atoms with Gasteiger partial charge in [0.15, 0.2) is 0 Å². The molecule has 0 aliphatic heterocycles. The lowest BCUT2D eigenvalue weighted by Gasteiger charge is -2.11. The highest BCUT2D eigenvalue weighted by molar-refractivity contribution is 7.80. The highest BCUT2D eigenvalue weighted by Gasteiger charge is 2.18. The number of primary amides is 1. The van der Waals surface area contributed by atoms with Gasteiger partial charge < -0.3 is 21.5 Å². The van der Waals surface area contributed by atoms with Gasteiger partial charge in [0, 0.05) is 5.56 Å². The molecular formula is C11H13N3O3S. The van der Waals surface area contributed by atoms with Crippen molar-refractivity contribution in [2.75, 3.05) is 7.11 Å². The summed E-state index contributed by atoms with van der Waals surface area (Å²) < 4.78 is 4.96. The van der Waals surface area contributed by atoms with Gasteiger partial charge in [-0.1, -0.05) is 12.2 Å². The molecule has 0 spiro atoms. The number of rotatable bonds is 4. The number of hydrogen-bond acceptors (Lipinski definition) is 5. The summed E-state index contributed by atoms with van der Waals surface area (Å²) in [6.07, 6.45) is 0. The van der Waals surface area contributed by atoms with Crippen LogP contribution < -0.4 is 21.5 Å². The largest absolute Gasteiger partial charge is 0.497 e. The first-order chi connectivity index (χ1) is 8.45. The van der Waals surface area contributed by atoms with E-state index < -0.39 is 17.9 Å². The third-order valence-corrected chi connectivity index (χ3v) is 2.53. The van der Waals surface area contributed by atoms with E-state index in [1.54, 1.807) is 24.3 Å². The van der Waals surface area contributed by atoms with Crippen LogP contribution in [0, 0.1) is 0 Å². The van der Waals surface area contributed by atoms with Crippen LogP contribution >= 0.6 is 12.2 Å². The summed E-state index contributed by atoms with van der Waals surface area (Å²) in [6.45, 7) is 0. The molecule has 0 saturated carbocycles. The summed E-state index contributed by atoms with van der Waals surface area (Å²) >= 11 is 4.80. The molecule has 7 heteroatoms. The predicted molar refractivity (Wildman–Crippen MR) is 70.2 cm³/mol. The fraction of sp³-hybridized carbons (Fsp3) is 0.182. The van der Waals surface area contributed by atoms with E-state index in [-0.39, 0.29) is 4.99 Å². The molecule has 0 aliphatic rings. The van der Waals surface area contributed by atoms with Crippen LogP contribution in [0.5, 0.6) is 5.75 Å². The molecule has 1 aromatic rings. The van der Waals surface area contributed by atoms with Crippen molar-refractivity contribution in [1.29, 1.82) is 0 Å². The Labute approximate surface area is 109 Å². The Morgan fingerprint density at radius 3 is 2.33 bits per heavy atom. The maximum absolute atomic E-state index is 11.7. The number of ether oxygens (including phenoxy) is 1. The number of benzene rings is 1. The van der Waals surface area contributed by atoms with Crippen molar-refractivity contribution in [3.05, 3.63) is 29.8 Å². The van der Waals surface area contributed by atoms with Gasteiger partial charge in [0.05, 0.1) is 7.11 Å². The summed E-state index contributed by atoms with van der Waals surface area (Å²) in [7, 11) is 1.52. The molecule has 1 aromatic carbocycles. The van der Waals surface area contributed by atoms with Gasteiger partial charge in [-0.15, -0.1) is 0 Å². The van der Waals surface area contributed by atoms with E-state index in [9.17, 15) is 9.59 Å². The average molecular weight is 267 g/mol. The molecule has 0 fully saturated rings. The number of thiocarbonyl (C=S) groups is 1. The summed E-state index contributed by atoms with van der Waals surface area (Å²) in [4.78, 5) is 22.4. The normalized spacial score (nSPS) is 11.4. The Morgan fingerprint density at radius 2 is 1.89 bits per heavy atom. The van der Waals surface area contributed by atoms with Crippen molar-refractivity contribution in [3.8, 4) is 5.75 Å². The zero-order valence-electron chi connectivity index (χ0n) is 9.67. The van der Waals surface area contributed by atoms with Crippen LogP contribution in [-0.4, -0.2) is 30.0 Å². The van der Waals surface area contributed by atoms with Crippen LogP contribution in [0.2, 0.25) is 0 Å². The Bertz CT molecular complexity index is 473. The molecule has 1 unspecified atom stereocenters. The Morgan fingerprint density at radius 1 is 1.33 bits per heavy atom. The first kappa shape index (κ1) is 14.1. The topological polar surface area (TPSA) is 107 Å². The van der Waals surface area contributed by atoms with Gasteiger partial charge >= 0.3 is 0 Å². The molecule has 0 aromatic heterocycles. The average Bonchev–Trinajstić information content (AvgIpc) is 2.37. The highest BCUT2D eigenvalue weighted by Crippen LogP contribution is 2.11. The van der Waals surface area contributed by atoms with Gasteiger partial charge in [-0.05, 0) is 24.3 Å². The second-order valence-corrected chi connectivity index (χ2v) is 3.87. The third kappa shape index (κ3) is 3.51. The van der Waals surface area contributed by atoms with Crippen LogP contribution in [0.1, 0.15) is 10.4 Å². The van der Waals surface area contributed by atoms with Gasteiger partial charge in [-0.2, -0.15) is 0 Å². The van der Waals surface area contributed by atoms with Crippen LogP contribution in [0.25, 0.3) is 0 Å². The Hall–Kier alpha value is -1.99.